The highest BCUT2D eigenvalue weighted by Crippen LogP contribution is 2.26. The van der Waals surface area contributed by atoms with Gasteiger partial charge in [0.05, 0.1) is 18.8 Å². The van der Waals surface area contributed by atoms with Crippen LogP contribution in [0.1, 0.15) is 6.92 Å². The van der Waals surface area contributed by atoms with Crippen molar-refractivity contribution in [2.45, 2.75) is 17.5 Å². The summed E-state index contributed by atoms with van der Waals surface area (Å²) in [5.74, 6) is 0. The van der Waals surface area contributed by atoms with E-state index < -0.39 is 28.8 Å². The molecule has 2 aromatic heterocycles. The number of aliphatic hydroxyl groups excluding tert-OH is 2. The van der Waals surface area contributed by atoms with Crippen molar-refractivity contribution in [3.63, 3.8) is 0 Å². The third-order valence-electron chi connectivity index (χ3n) is 2.51. The average molecular weight is 326 g/mol. The smallest absolute Gasteiger partial charge is 0.260 e. The van der Waals surface area contributed by atoms with Crippen LogP contribution < -0.4 is 4.72 Å². The van der Waals surface area contributed by atoms with E-state index in [9.17, 15) is 8.42 Å². The lowest BCUT2D eigenvalue weighted by Gasteiger charge is -2.25. The molecule has 0 spiro atoms. The number of hydrogen-bond acceptors (Lipinski definition) is 6. The van der Waals surface area contributed by atoms with Crippen LogP contribution in [-0.4, -0.2) is 46.8 Å². The quantitative estimate of drug-likeness (QED) is 0.721. The molecule has 0 aromatic carbocycles. The number of rotatable bonds is 5. The predicted octanol–water partition coefficient (Wildman–Crippen LogP) is 0.0708. The Morgan fingerprint density at radius 2 is 2.16 bits per heavy atom. The minimum Gasteiger partial charge on any atom is -0.394 e. The first-order valence-electron chi connectivity index (χ1n) is 5.20. The van der Waals surface area contributed by atoms with Crippen molar-refractivity contribution in [1.82, 2.24) is 14.1 Å². The first-order valence-corrected chi connectivity index (χ1v) is 7.94. The van der Waals surface area contributed by atoms with E-state index in [2.05, 4.69) is 9.71 Å². The number of hydrogen-bond donors (Lipinski definition) is 3. The van der Waals surface area contributed by atoms with Crippen molar-refractivity contribution in [2.75, 3.05) is 13.2 Å². The molecule has 0 bridgehead atoms. The molecule has 0 fully saturated rings. The Morgan fingerprint density at radius 1 is 1.53 bits per heavy atom. The van der Waals surface area contributed by atoms with E-state index >= 15 is 0 Å². The Kier molecular flexibility index (Phi) is 3.87. The SMILES string of the molecule is CC(CO)(CO)NS(=O)(=O)c1c(Cl)nc2sccn12. The number of nitrogens with zero attached hydrogens (tertiary/aromatic N) is 2. The number of nitrogens with one attached hydrogen (secondary N) is 1. The van der Waals surface area contributed by atoms with Gasteiger partial charge in [-0.2, -0.15) is 4.72 Å². The summed E-state index contributed by atoms with van der Waals surface area (Å²) >= 11 is 7.08. The van der Waals surface area contributed by atoms with Gasteiger partial charge in [0.25, 0.3) is 10.0 Å². The molecule has 0 atom stereocenters. The largest absolute Gasteiger partial charge is 0.394 e. The maximum atomic E-state index is 12.3. The van der Waals surface area contributed by atoms with E-state index in [0.717, 1.165) is 0 Å². The average Bonchev–Trinajstić information content (AvgIpc) is 2.87. The maximum Gasteiger partial charge on any atom is 0.260 e. The van der Waals surface area contributed by atoms with Gasteiger partial charge in [-0.3, -0.25) is 4.40 Å². The fraction of sp³-hybridized carbons (Fsp3) is 0.444. The summed E-state index contributed by atoms with van der Waals surface area (Å²) in [5, 5.41) is 19.6. The molecule has 0 radical (unpaired) electrons. The van der Waals surface area contributed by atoms with Gasteiger partial charge in [-0.15, -0.1) is 11.3 Å². The van der Waals surface area contributed by atoms with Gasteiger partial charge in [-0.05, 0) is 6.92 Å². The van der Waals surface area contributed by atoms with Gasteiger partial charge in [0.2, 0.25) is 0 Å². The fourth-order valence-electron chi connectivity index (χ4n) is 1.47. The van der Waals surface area contributed by atoms with Crippen molar-refractivity contribution >= 4 is 37.9 Å². The lowest BCUT2D eigenvalue weighted by molar-refractivity contribution is 0.121. The molecule has 3 N–H and O–H groups in total. The molecular formula is C9H12ClN3O4S2. The third kappa shape index (κ3) is 2.62. The summed E-state index contributed by atoms with van der Waals surface area (Å²) in [7, 11) is -4.02. The van der Waals surface area contributed by atoms with Crippen LogP contribution >= 0.6 is 22.9 Å². The molecule has 0 aliphatic carbocycles. The summed E-state index contributed by atoms with van der Waals surface area (Å²) in [6, 6.07) is 0. The van der Waals surface area contributed by atoms with Crippen LogP contribution in [0.15, 0.2) is 16.6 Å². The first-order chi connectivity index (χ1) is 8.83. The molecule has 2 heterocycles. The van der Waals surface area contributed by atoms with E-state index in [1.165, 1.54) is 28.9 Å². The molecule has 2 rings (SSSR count). The molecule has 0 saturated carbocycles. The minimum absolute atomic E-state index is 0.155. The van der Waals surface area contributed by atoms with Crippen molar-refractivity contribution < 1.29 is 18.6 Å². The zero-order valence-electron chi connectivity index (χ0n) is 9.87. The Balaban J connectivity index is 2.50. The molecular weight excluding hydrogens is 314 g/mol. The lowest BCUT2D eigenvalue weighted by atomic mass is 10.1. The van der Waals surface area contributed by atoms with Gasteiger partial charge in [-0.1, -0.05) is 11.6 Å². The summed E-state index contributed by atoms with van der Waals surface area (Å²) in [4.78, 5) is 4.37. The molecule has 0 aliphatic rings. The Morgan fingerprint density at radius 3 is 2.74 bits per heavy atom. The second-order valence-electron chi connectivity index (χ2n) is 4.25. The highest BCUT2D eigenvalue weighted by molar-refractivity contribution is 7.89. The number of imidazole rings is 1. The monoisotopic (exact) mass is 325 g/mol. The van der Waals surface area contributed by atoms with Crippen molar-refractivity contribution in [2.24, 2.45) is 0 Å². The Hall–Kier alpha value is -0.710. The number of aliphatic hydroxyl groups is 2. The Labute approximate surface area is 118 Å². The molecule has 7 nitrogen and oxygen atoms in total. The Bertz CT molecular complexity index is 689. The first kappa shape index (κ1) is 14.7. The van der Waals surface area contributed by atoms with E-state index in [4.69, 9.17) is 21.8 Å². The minimum atomic E-state index is -4.02. The van der Waals surface area contributed by atoms with Crippen LogP contribution in [0.25, 0.3) is 4.96 Å². The van der Waals surface area contributed by atoms with Gasteiger partial charge in [-0.25, -0.2) is 13.4 Å². The normalized spacial score (nSPS) is 13.3. The van der Waals surface area contributed by atoms with Gasteiger partial charge < -0.3 is 10.2 Å². The van der Waals surface area contributed by atoms with E-state index in [1.807, 2.05) is 0 Å². The summed E-state index contributed by atoms with van der Waals surface area (Å²) in [6.07, 6.45) is 1.53. The van der Waals surface area contributed by atoms with Gasteiger partial charge in [0.15, 0.2) is 15.1 Å². The van der Waals surface area contributed by atoms with Crippen LogP contribution in [0, 0.1) is 0 Å². The fourth-order valence-corrected chi connectivity index (χ4v) is 4.31. The van der Waals surface area contributed by atoms with Crippen molar-refractivity contribution in [3.8, 4) is 0 Å². The molecule has 0 saturated heterocycles. The van der Waals surface area contributed by atoms with E-state index in [1.54, 1.807) is 5.38 Å². The molecule has 19 heavy (non-hydrogen) atoms. The molecule has 0 amide bonds. The maximum absolute atomic E-state index is 12.3. The summed E-state index contributed by atoms with van der Waals surface area (Å²) < 4.78 is 28.1. The lowest BCUT2D eigenvalue weighted by Crippen LogP contribution is -2.51. The van der Waals surface area contributed by atoms with Crippen molar-refractivity contribution in [1.29, 1.82) is 0 Å². The topological polar surface area (TPSA) is 104 Å². The molecule has 0 aliphatic heterocycles. The van der Waals surface area contributed by atoms with E-state index in [-0.39, 0.29) is 10.2 Å². The van der Waals surface area contributed by atoms with Gasteiger partial charge in [0.1, 0.15) is 0 Å². The van der Waals surface area contributed by atoms with Crippen LogP contribution in [-0.2, 0) is 10.0 Å². The van der Waals surface area contributed by atoms with Crippen LogP contribution in [0.2, 0.25) is 5.15 Å². The number of sulfonamides is 1. The number of halogens is 1. The highest BCUT2D eigenvalue weighted by atomic mass is 35.5. The molecule has 0 unspecified atom stereocenters. The molecule has 10 heteroatoms. The number of fused-ring (bicyclic) bond motifs is 1. The third-order valence-corrected chi connectivity index (χ3v) is 5.30. The summed E-state index contributed by atoms with van der Waals surface area (Å²) in [5.41, 5.74) is -1.37. The van der Waals surface area contributed by atoms with Gasteiger partial charge >= 0.3 is 0 Å². The highest BCUT2D eigenvalue weighted by Gasteiger charge is 2.33. The number of thiazole rings is 1. The number of aromatic nitrogens is 2. The molecule has 2 aromatic rings. The standard InChI is InChI=1S/C9H12ClN3O4S2/c1-9(4-14,5-15)12-19(16,17)7-6(10)11-8-13(7)2-3-18-8/h2-3,12,14-15H,4-5H2,1H3. The van der Waals surface area contributed by atoms with E-state index in [0.29, 0.717) is 4.96 Å². The summed E-state index contributed by atoms with van der Waals surface area (Å²) in [6.45, 7) is 0.280. The second-order valence-corrected chi connectivity index (χ2v) is 7.07. The van der Waals surface area contributed by atoms with Crippen LogP contribution in [0.4, 0.5) is 0 Å². The second kappa shape index (κ2) is 5.00. The molecule has 106 valence electrons. The van der Waals surface area contributed by atoms with Crippen molar-refractivity contribution in [3.05, 3.63) is 16.7 Å². The van der Waals surface area contributed by atoms with Gasteiger partial charge in [0, 0.05) is 11.6 Å². The predicted molar refractivity (Wildman–Crippen MR) is 71.0 cm³/mol. The van der Waals surface area contributed by atoms with Crippen LogP contribution in [0.3, 0.4) is 0 Å². The van der Waals surface area contributed by atoms with Crippen LogP contribution in [0.5, 0.6) is 0 Å². The zero-order chi connectivity index (χ0) is 14.3. The zero-order valence-corrected chi connectivity index (χ0v) is 12.3.